The number of carbonyl (C=O) groups excluding carboxylic acids is 1. The summed E-state index contributed by atoms with van der Waals surface area (Å²) in [6.45, 7) is 0.624. The summed E-state index contributed by atoms with van der Waals surface area (Å²) in [5, 5.41) is 2.81. The maximum Gasteiger partial charge on any atom is 0.259 e. The first-order valence-electron chi connectivity index (χ1n) is 6.62. The predicted octanol–water partition coefficient (Wildman–Crippen LogP) is 1.59. The number of amides is 1. The van der Waals surface area contributed by atoms with Gasteiger partial charge in [0.05, 0.1) is 17.4 Å². The highest BCUT2D eigenvalue weighted by Gasteiger charge is 2.17. The number of aromatic nitrogens is 4. The number of carbonyl (C=O) groups is 1. The lowest BCUT2D eigenvalue weighted by atomic mass is 10.2. The molecular weight excluding hydrogens is 300 g/mol. The summed E-state index contributed by atoms with van der Waals surface area (Å²) in [7, 11) is 0. The van der Waals surface area contributed by atoms with Crippen LogP contribution in [0.3, 0.4) is 0 Å². The van der Waals surface area contributed by atoms with Gasteiger partial charge in [0.1, 0.15) is 5.52 Å². The lowest BCUT2D eigenvalue weighted by Gasteiger charge is -2.09. The number of hydrogen-bond donors (Lipinski definition) is 3. The molecule has 0 saturated carbocycles. The first kappa shape index (κ1) is 14.3. The van der Waals surface area contributed by atoms with Crippen LogP contribution in [0.25, 0.3) is 11.0 Å². The highest BCUT2D eigenvalue weighted by Crippen LogP contribution is 2.22. The molecule has 0 radical (unpaired) electrons. The third kappa shape index (κ3) is 2.60. The fourth-order valence-corrected chi connectivity index (χ4v) is 2.40. The number of imidazole rings is 1. The van der Waals surface area contributed by atoms with Crippen molar-refractivity contribution in [3.05, 3.63) is 42.6 Å². The smallest absolute Gasteiger partial charge is 0.259 e. The number of pyridine rings is 2. The molecule has 3 heterocycles. The molecule has 8 heteroatoms. The van der Waals surface area contributed by atoms with E-state index in [0.717, 1.165) is 0 Å². The van der Waals surface area contributed by atoms with Crippen LogP contribution in [-0.2, 0) is 6.54 Å². The highest BCUT2D eigenvalue weighted by molar-refractivity contribution is 7.80. The molecule has 0 bridgehead atoms. The zero-order valence-corrected chi connectivity index (χ0v) is 12.5. The Balaban J connectivity index is 2.04. The van der Waals surface area contributed by atoms with Gasteiger partial charge in [0.15, 0.2) is 5.82 Å². The van der Waals surface area contributed by atoms with Crippen molar-refractivity contribution in [1.29, 1.82) is 0 Å². The number of nitrogens with one attached hydrogen (secondary N) is 1. The van der Waals surface area contributed by atoms with Crippen molar-refractivity contribution in [1.82, 2.24) is 19.5 Å². The van der Waals surface area contributed by atoms with Gasteiger partial charge in [-0.2, -0.15) is 12.6 Å². The Kier molecular flexibility index (Phi) is 3.92. The van der Waals surface area contributed by atoms with Gasteiger partial charge in [-0.15, -0.1) is 0 Å². The fourth-order valence-electron chi connectivity index (χ4n) is 2.19. The first-order chi connectivity index (χ1) is 10.7. The molecule has 3 aromatic heterocycles. The maximum absolute atomic E-state index is 12.5. The predicted molar refractivity (Wildman–Crippen MR) is 88.0 cm³/mol. The molecule has 0 aromatic carbocycles. The van der Waals surface area contributed by atoms with Gasteiger partial charge in [0.2, 0.25) is 0 Å². The van der Waals surface area contributed by atoms with Gasteiger partial charge >= 0.3 is 0 Å². The van der Waals surface area contributed by atoms with Crippen molar-refractivity contribution in [3.8, 4) is 0 Å². The number of nitrogens with zero attached hydrogens (tertiary/aromatic N) is 4. The van der Waals surface area contributed by atoms with Crippen LogP contribution in [0.4, 0.5) is 11.5 Å². The zero-order chi connectivity index (χ0) is 15.5. The minimum absolute atomic E-state index is 0.274. The minimum atomic E-state index is -0.274. The molecule has 3 aromatic rings. The Labute approximate surface area is 132 Å². The molecule has 0 spiro atoms. The molecule has 0 aliphatic carbocycles. The second-order valence-electron chi connectivity index (χ2n) is 4.61. The summed E-state index contributed by atoms with van der Waals surface area (Å²) < 4.78 is 1.85. The standard InChI is InChI=1S/C14H14N6OS/c15-13-11-12(20(5-6-22)8-18-11)10(7-17-13)14(21)19-9-1-3-16-4-2-9/h1-4,7-8,22H,5-6H2,(H2,15,17)(H,16,19,21). The number of rotatable bonds is 4. The van der Waals surface area contributed by atoms with Gasteiger partial charge in [0.25, 0.3) is 5.91 Å². The molecule has 0 unspecified atom stereocenters. The SMILES string of the molecule is Nc1ncc(C(=O)Nc2ccncc2)c2c1ncn2CCS. The van der Waals surface area contributed by atoms with E-state index in [1.165, 1.54) is 6.20 Å². The van der Waals surface area contributed by atoms with E-state index in [9.17, 15) is 4.79 Å². The number of nitrogen functional groups attached to an aromatic ring is 1. The van der Waals surface area contributed by atoms with E-state index >= 15 is 0 Å². The molecule has 0 aliphatic heterocycles. The van der Waals surface area contributed by atoms with Gasteiger partial charge < -0.3 is 15.6 Å². The Hall–Kier alpha value is -2.61. The van der Waals surface area contributed by atoms with E-state index in [2.05, 4.69) is 32.9 Å². The molecular formula is C14H14N6OS. The Morgan fingerprint density at radius 1 is 1.32 bits per heavy atom. The monoisotopic (exact) mass is 314 g/mol. The van der Waals surface area contributed by atoms with Crippen molar-refractivity contribution < 1.29 is 4.79 Å². The average Bonchev–Trinajstić information content (AvgIpc) is 2.94. The largest absolute Gasteiger partial charge is 0.382 e. The van der Waals surface area contributed by atoms with Crippen molar-refractivity contribution in [2.24, 2.45) is 0 Å². The van der Waals surface area contributed by atoms with Crippen LogP contribution >= 0.6 is 12.6 Å². The van der Waals surface area contributed by atoms with Crippen LogP contribution in [0.1, 0.15) is 10.4 Å². The Morgan fingerprint density at radius 2 is 2.09 bits per heavy atom. The molecule has 1 amide bonds. The van der Waals surface area contributed by atoms with E-state index < -0.39 is 0 Å². The fraction of sp³-hybridized carbons (Fsp3) is 0.143. The highest BCUT2D eigenvalue weighted by atomic mass is 32.1. The van der Waals surface area contributed by atoms with E-state index in [1.807, 2.05) is 4.57 Å². The zero-order valence-electron chi connectivity index (χ0n) is 11.6. The van der Waals surface area contributed by atoms with Crippen molar-refractivity contribution >= 4 is 41.1 Å². The molecule has 0 fully saturated rings. The van der Waals surface area contributed by atoms with Crippen molar-refractivity contribution in [2.75, 3.05) is 16.8 Å². The molecule has 3 N–H and O–H groups in total. The number of thiol groups is 1. The van der Waals surface area contributed by atoms with Crippen molar-refractivity contribution in [2.45, 2.75) is 6.54 Å². The quantitative estimate of drug-likeness (QED) is 0.635. The average molecular weight is 314 g/mol. The van der Waals surface area contributed by atoms with Gasteiger partial charge in [-0.25, -0.2) is 9.97 Å². The number of aryl methyl sites for hydroxylation is 1. The van der Waals surface area contributed by atoms with E-state index in [-0.39, 0.29) is 5.91 Å². The van der Waals surface area contributed by atoms with Crippen LogP contribution in [-0.4, -0.2) is 31.2 Å². The summed E-state index contributed by atoms with van der Waals surface area (Å²) >= 11 is 4.22. The Bertz CT molecular complexity index is 817. The van der Waals surface area contributed by atoms with Gasteiger partial charge in [-0.1, -0.05) is 0 Å². The van der Waals surface area contributed by atoms with Gasteiger partial charge in [-0.3, -0.25) is 9.78 Å². The third-order valence-electron chi connectivity index (χ3n) is 3.19. The molecule has 3 rings (SSSR count). The minimum Gasteiger partial charge on any atom is -0.382 e. The van der Waals surface area contributed by atoms with E-state index in [4.69, 9.17) is 5.73 Å². The number of fused-ring (bicyclic) bond motifs is 1. The summed E-state index contributed by atoms with van der Waals surface area (Å²) in [5.41, 5.74) is 8.09. The molecule has 7 nitrogen and oxygen atoms in total. The second kappa shape index (κ2) is 6.02. The topological polar surface area (TPSA) is 98.7 Å². The van der Waals surface area contributed by atoms with Crippen LogP contribution in [0, 0.1) is 0 Å². The van der Waals surface area contributed by atoms with Gasteiger partial charge in [-0.05, 0) is 12.1 Å². The van der Waals surface area contributed by atoms with Crippen LogP contribution in [0.5, 0.6) is 0 Å². The normalized spacial score (nSPS) is 10.8. The third-order valence-corrected chi connectivity index (χ3v) is 3.39. The van der Waals surface area contributed by atoms with Gasteiger partial charge in [0, 0.05) is 36.6 Å². The number of anilines is 2. The molecule has 22 heavy (non-hydrogen) atoms. The molecule has 0 aliphatic rings. The van der Waals surface area contributed by atoms with Crippen molar-refractivity contribution in [3.63, 3.8) is 0 Å². The summed E-state index contributed by atoms with van der Waals surface area (Å²) in [6.07, 6.45) is 6.32. The maximum atomic E-state index is 12.5. The van der Waals surface area contributed by atoms with Crippen LogP contribution in [0.15, 0.2) is 37.1 Å². The second-order valence-corrected chi connectivity index (χ2v) is 5.05. The van der Waals surface area contributed by atoms with E-state index in [1.54, 1.807) is 30.9 Å². The van der Waals surface area contributed by atoms with E-state index in [0.29, 0.717) is 40.4 Å². The molecule has 0 saturated heterocycles. The van der Waals surface area contributed by atoms with Crippen LogP contribution in [0.2, 0.25) is 0 Å². The first-order valence-corrected chi connectivity index (χ1v) is 7.25. The lowest BCUT2D eigenvalue weighted by molar-refractivity contribution is 0.102. The lowest BCUT2D eigenvalue weighted by Crippen LogP contribution is -2.15. The summed E-state index contributed by atoms with van der Waals surface area (Å²) in [4.78, 5) is 24.7. The summed E-state index contributed by atoms with van der Waals surface area (Å²) in [5.74, 6) is 0.650. The molecule has 112 valence electrons. The Morgan fingerprint density at radius 3 is 2.82 bits per heavy atom. The number of nitrogens with two attached hydrogens (primary N) is 1. The van der Waals surface area contributed by atoms with Crippen LogP contribution < -0.4 is 11.1 Å². The number of hydrogen-bond acceptors (Lipinski definition) is 6. The molecule has 0 atom stereocenters. The summed E-state index contributed by atoms with van der Waals surface area (Å²) in [6, 6.07) is 3.43.